The predicted molar refractivity (Wildman–Crippen MR) is 82.1 cm³/mol. The van der Waals surface area contributed by atoms with Gasteiger partial charge in [0.1, 0.15) is 0 Å². The standard InChI is InChI=1S/C16H31N3/c1-4-13-19-16(10-12-18-19)14-17-11-8-6-5-7-9-15(2)3/h10,12,15,17H,4-9,11,13-14H2,1-3H3. The maximum Gasteiger partial charge on any atom is 0.0522 e. The van der Waals surface area contributed by atoms with Gasteiger partial charge in [-0.2, -0.15) is 5.10 Å². The van der Waals surface area contributed by atoms with Crippen LogP contribution in [-0.4, -0.2) is 16.3 Å². The fourth-order valence-electron chi connectivity index (χ4n) is 2.30. The normalized spacial score (nSPS) is 11.4. The maximum atomic E-state index is 4.34. The van der Waals surface area contributed by atoms with Crippen molar-refractivity contribution in [3.8, 4) is 0 Å². The first-order valence-electron chi connectivity index (χ1n) is 7.95. The Labute approximate surface area is 118 Å². The molecule has 1 aromatic heterocycles. The van der Waals surface area contributed by atoms with E-state index in [0.29, 0.717) is 0 Å². The highest BCUT2D eigenvalue weighted by molar-refractivity contribution is 4.99. The second-order valence-corrected chi connectivity index (χ2v) is 5.82. The van der Waals surface area contributed by atoms with Crippen LogP contribution >= 0.6 is 0 Å². The summed E-state index contributed by atoms with van der Waals surface area (Å²) in [6.45, 7) is 9.91. The van der Waals surface area contributed by atoms with Crippen molar-refractivity contribution in [2.24, 2.45) is 5.92 Å². The number of nitrogens with one attached hydrogen (secondary N) is 1. The Balaban J connectivity index is 2.00. The van der Waals surface area contributed by atoms with Gasteiger partial charge in [-0.15, -0.1) is 0 Å². The lowest BCUT2D eigenvalue weighted by atomic mass is 10.0. The molecule has 3 nitrogen and oxygen atoms in total. The van der Waals surface area contributed by atoms with E-state index in [0.717, 1.165) is 32.0 Å². The van der Waals surface area contributed by atoms with Crippen LogP contribution in [0.3, 0.4) is 0 Å². The second kappa shape index (κ2) is 10.0. The molecule has 0 aromatic carbocycles. The molecule has 0 radical (unpaired) electrons. The maximum absolute atomic E-state index is 4.34. The van der Waals surface area contributed by atoms with Gasteiger partial charge in [0.15, 0.2) is 0 Å². The zero-order valence-electron chi connectivity index (χ0n) is 13.0. The summed E-state index contributed by atoms with van der Waals surface area (Å²) in [5.74, 6) is 0.858. The summed E-state index contributed by atoms with van der Waals surface area (Å²) in [6, 6.07) is 2.12. The van der Waals surface area contributed by atoms with Gasteiger partial charge in [0.2, 0.25) is 0 Å². The van der Waals surface area contributed by atoms with Crippen molar-refractivity contribution in [2.75, 3.05) is 6.54 Å². The summed E-state index contributed by atoms with van der Waals surface area (Å²) in [5, 5.41) is 7.86. The minimum atomic E-state index is 0.858. The molecule has 0 bridgehead atoms. The van der Waals surface area contributed by atoms with Crippen molar-refractivity contribution in [3.63, 3.8) is 0 Å². The number of nitrogens with zero attached hydrogens (tertiary/aromatic N) is 2. The Morgan fingerprint density at radius 1 is 1.21 bits per heavy atom. The van der Waals surface area contributed by atoms with Gasteiger partial charge in [-0.05, 0) is 31.4 Å². The van der Waals surface area contributed by atoms with Gasteiger partial charge in [0.05, 0.1) is 5.69 Å². The van der Waals surface area contributed by atoms with Gasteiger partial charge in [0.25, 0.3) is 0 Å². The molecule has 110 valence electrons. The molecule has 1 rings (SSSR count). The van der Waals surface area contributed by atoms with Gasteiger partial charge >= 0.3 is 0 Å². The summed E-state index contributed by atoms with van der Waals surface area (Å²) in [6.07, 6.45) is 9.84. The monoisotopic (exact) mass is 265 g/mol. The molecule has 1 aromatic rings. The zero-order valence-corrected chi connectivity index (χ0v) is 13.0. The first-order valence-corrected chi connectivity index (χ1v) is 7.95. The van der Waals surface area contributed by atoms with E-state index in [4.69, 9.17) is 0 Å². The van der Waals surface area contributed by atoms with Crippen LogP contribution in [0.15, 0.2) is 12.3 Å². The highest BCUT2D eigenvalue weighted by Crippen LogP contribution is 2.09. The van der Waals surface area contributed by atoms with Gasteiger partial charge in [0, 0.05) is 19.3 Å². The average Bonchev–Trinajstić information content (AvgIpc) is 2.80. The number of aryl methyl sites for hydroxylation is 1. The molecule has 1 heterocycles. The summed E-state index contributed by atoms with van der Waals surface area (Å²) >= 11 is 0. The lowest BCUT2D eigenvalue weighted by Gasteiger charge is -2.08. The molecule has 0 fully saturated rings. The average molecular weight is 265 g/mol. The Morgan fingerprint density at radius 2 is 2.00 bits per heavy atom. The third-order valence-electron chi connectivity index (χ3n) is 3.43. The topological polar surface area (TPSA) is 29.9 Å². The second-order valence-electron chi connectivity index (χ2n) is 5.82. The largest absolute Gasteiger partial charge is 0.311 e. The zero-order chi connectivity index (χ0) is 13.9. The third-order valence-corrected chi connectivity index (χ3v) is 3.43. The molecule has 0 aliphatic rings. The van der Waals surface area contributed by atoms with Crippen molar-refractivity contribution in [1.29, 1.82) is 0 Å². The molecule has 0 amide bonds. The molecule has 0 atom stereocenters. The molecule has 0 aliphatic carbocycles. The van der Waals surface area contributed by atoms with Gasteiger partial charge in [-0.25, -0.2) is 0 Å². The fourth-order valence-corrected chi connectivity index (χ4v) is 2.30. The lowest BCUT2D eigenvalue weighted by molar-refractivity contribution is 0.506. The van der Waals surface area contributed by atoms with E-state index in [1.165, 1.54) is 37.8 Å². The lowest BCUT2D eigenvalue weighted by Crippen LogP contribution is -2.18. The number of hydrogen-bond donors (Lipinski definition) is 1. The molecule has 0 saturated carbocycles. The number of unbranched alkanes of at least 4 members (excludes halogenated alkanes) is 3. The van der Waals surface area contributed by atoms with E-state index < -0.39 is 0 Å². The van der Waals surface area contributed by atoms with Gasteiger partial charge in [-0.1, -0.05) is 46.5 Å². The van der Waals surface area contributed by atoms with Crippen LogP contribution in [0, 0.1) is 5.92 Å². The third kappa shape index (κ3) is 7.36. The van der Waals surface area contributed by atoms with Crippen LogP contribution in [0.2, 0.25) is 0 Å². The molecule has 0 unspecified atom stereocenters. The van der Waals surface area contributed by atoms with E-state index in [9.17, 15) is 0 Å². The summed E-state index contributed by atoms with van der Waals surface area (Å²) in [5.41, 5.74) is 1.31. The van der Waals surface area contributed by atoms with Crippen molar-refractivity contribution in [2.45, 2.75) is 72.4 Å². The number of hydrogen-bond acceptors (Lipinski definition) is 2. The van der Waals surface area contributed by atoms with E-state index in [-0.39, 0.29) is 0 Å². The van der Waals surface area contributed by atoms with Crippen LogP contribution in [0.25, 0.3) is 0 Å². The molecule has 0 aliphatic heterocycles. The predicted octanol–water partition coefficient (Wildman–Crippen LogP) is 3.99. The Morgan fingerprint density at radius 3 is 2.74 bits per heavy atom. The molecule has 0 saturated heterocycles. The minimum absolute atomic E-state index is 0.858. The van der Waals surface area contributed by atoms with E-state index in [1.54, 1.807) is 0 Å². The summed E-state index contributed by atoms with van der Waals surface area (Å²) in [4.78, 5) is 0. The van der Waals surface area contributed by atoms with Crippen LogP contribution < -0.4 is 5.32 Å². The van der Waals surface area contributed by atoms with Gasteiger partial charge in [-0.3, -0.25) is 4.68 Å². The van der Waals surface area contributed by atoms with Crippen molar-refractivity contribution in [3.05, 3.63) is 18.0 Å². The van der Waals surface area contributed by atoms with Crippen LogP contribution in [0.1, 0.15) is 65.0 Å². The molecule has 3 heteroatoms. The number of rotatable bonds is 11. The quantitative estimate of drug-likeness (QED) is 0.613. The van der Waals surface area contributed by atoms with Crippen molar-refractivity contribution < 1.29 is 0 Å². The molecule has 19 heavy (non-hydrogen) atoms. The SMILES string of the molecule is CCCn1nccc1CNCCCCCCC(C)C. The minimum Gasteiger partial charge on any atom is -0.311 e. The Bertz CT molecular complexity index is 318. The first kappa shape index (κ1) is 16.2. The highest BCUT2D eigenvalue weighted by Gasteiger charge is 2.00. The number of aromatic nitrogens is 2. The molecule has 1 N–H and O–H groups in total. The first-order chi connectivity index (χ1) is 9.24. The van der Waals surface area contributed by atoms with Crippen molar-refractivity contribution in [1.82, 2.24) is 15.1 Å². The smallest absolute Gasteiger partial charge is 0.0522 e. The van der Waals surface area contributed by atoms with Crippen molar-refractivity contribution >= 4 is 0 Å². The molecular weight excluding hydrogens is 234 g/mol. The van der Waals surface area contributed by atoms with Crippen LogP contribution in [0.5, 0.6) is 0 Å². The highest BCUT2D eigenvalue weighted by atomic mass is 15.3. The van der Waals surface area contributed by atoms with Gasteiger partial charge < -0.3 is 5.32 Å². The van der Waals surface area contributed by atoms with Crippen LogP contribution in [0.4, 0.5) is 0 Å². The summed E-state index contributed by atoms with van der Waals surface area (Å²) in [7, 11) is 0. The van der Waals surface area contributed by atoms with E-state index in [1.807, 2.05) is 6.20 Å². The van der Waals surface area contributed by atoms with E-state index >= 15 is 0 Å². The Hall–Kier alpha value is -0.830. The van der Waals surface area contributed by atoms with Crippen LogP contribution in [-0.2, 0) is 13.1 Å². The molecular formula is C16H31N3. The summed E-state index contributed by atoms with van der Waals surface area (Å²) < 4.78 is 2.11. The van der Waals surface area contributed by atoms with E-state index in [2.05, 4.69) is 41.9 Å². The molecule has 0 spiro atoms. The Kier molecular flexibility index (Phi) is 8.55. The fraction of sp³-hybridized carbons (Fsp3) is 0.812.